The number of hydrogen-bond acceptors (Lipinski definition) is 7. The average molecular weight is 335 g/mol. The maximum absolute atomic E-state index is 12.5. The Labute approximate surface area is 143 Å². The molecule has 8 heteroatoms. The van der Waals surface area contributed by atoms with Crippen LogP contribution in [0.25, 0.3) is 11.5 Å². The molecule has 0 bridgehead atoms. The molecule has 0 unspecified atom stereocenters. The van der Waals surface area contributed by atoms with Crippen molar-refractivity contribution in [2.24, 2.45) is 0 Å². The van der Waals surface area contributed by atoms with Gasteiger partial charge in [0.05, 0.1) is 11.3 Å². The number of anilines is 1. The molecule has 0 spiro atoms. The van der Waals surface area contributed by atoms with Crippen LogP contribution in [0.1, 0.15) is 16.8 Å². The molecule has 1 aliphatic rings. The van der Waals surface area contributed by atoms with Crippen LogP contribution in [0.3, 0.4) is 0 Å². The number of H-pyrrole nitrogens is 1. The Kier molecular flexibility index (Phi) is 3.95. The lowest BCUT2D eigenvalue weighted by molar-refractivity contribution is 0.241. The highest BCUT2D eigenvalue weighted by Gasteiger charge is 2.22. The molecule has 3 aromatic rings. The average Bonchev–Trinajstić information content (AvgIpc) is 2.65. The zero-order valence-electron chi connectivity index (χ0n) is 13.5. The number of rotatable bonds is 3. The molecule has 3 aromatic heterocycles. The van der Waals surface area contributed by atoms with Gasteiger partial charge in [0, 0.05) is 50.2 Å². The molecule has 3 N–H and O–H groups in total. The van der Waals surface area contributed by atoms with Crippen molar-refractivity contribution < 1.29 is 0 Å². The normalized spacial score (nSPS) is 14.2. The fraction of sp³-hybridized carbons (Fsp3) is 0.235. The lowest BCUT2D eigenvalue weighted by Gasteiger charge is -2.27. The van der Waals surface area contributed by atoms with Crippen molar-refractivity contribution >= 4 is 5.95 Å². The molecule has 0 aromatic carbocycles. The third-order valence-electron chi connectivity index (χ3n) is 4.19. The standard InChI is InChI=1S/C17H17N7O/c18-17-20-7-11(8-21-17)9-24-6-4-13-12(10-24)16(25)23-15(22-13)14-3-1-2-5-19-14/h1-3,5,7-8H,4,6,9-10H2,(H2,18,20,21)(H,22,23,25). The second kappa shape index (κ2) is 6.40. The highest BCUT2D eigenvalue weighted by atomic mass is 16.1. The summed E-state index contributed by atoms with van der Waals surface area (Å²) >= 11 is 0. The van der Waals surface area contributed by atoms with Crippen molar-refractivity contribution in [3.05, 3.63) is 64.0 Å². The van der Waals surface area contributed by atoms with Crippen molar-refractivity contribution in [3.63, 3.8) is 0 Å². The Hall–Kier alpha value is -3.13. The second-order valence-electron chi connectivity index (χ2n) is 5.96. The quantitative estimate of drug-likeness (QED) is 0.726. The minimum Gasteiger partial charge on any atom is -0.368 e. The fourth-order valence-corrected chi connectivity index (χ4v) is 2.94. The molecule has 0 amide bonds. The summed E-state index contributed by atoms with van der Waals surface area (Å²) in [6, 6.07) is 5.54. The van der Waals surface area contributed by atoms with Crippen molar-refractivity contribution in [1.29, 1.82) is 0 Å². The summed E-state index contributed by atoms with van der Waals surface area (Å²) in [7, 11) is 0. The zero-order chi connectivity index (χ0) is 17.2. The van der Waals surface area contributed by atoms with Crippen LogP contribution in [0.5, 0.6) is 0 Å². The molecule has 4 rings (SSSR count). The lowest BCUT2D eigenvalue weighted by atomic mass is 10.1. The minimum atomic E-state index is -0.107. The predicted molar refractivity (Wildman–Crippen MR) is 92.4 cm³/mol. The topological polar surface area (TPSA) is 114 Å². The molecule has 1 aliphatic heterocycles. The SMILES string of the molecule is Nc1ncc(CN2CCc3nc(-c4ccccn4)[nH]c(=O)c3C2)cn1. The maximum Gasteiger partial charge on any atom is 0.255 e. The molecule has 0 aliphatic carbocycles. The lowest BCUT2D eigenvalue weighted by Crippen LogP contribution is -2.35. The molecule has 25 heavy (non-hydrogen) atoms. The Morgan fingerprint density at radius 3 is 2.80 bits per heavy atom. The first-order chi connectivity index (χ1) is 12.2. The maximum atomic E-state index is 12.5. The summed E-state index contributed by atoms with van der Waals surface area (Å²) < 4.78 is 0. The number of nitrogens with one attached hydrogen (secondary N) is 1. The van der Waals surface area contributed by atoms with Gasteiger partial charge in [-0.05, 0) is 12.1 Å². The molecule has 0 saturated carbocycles. The summed E-state index contributed by atoms with van der Waals surface area (Å²) in [5.74, 6) is 0.778. The van der Waals surface area contributed by atoms with E-state index in [4.69, 9.17) is 5.73 Å². The van der Waals surface area contributed by atoms with Gasteiger partial charge in [-0.3, -0.25) is 14.7 Å². The van der Waals surface area contributed by atoms with Gasteiger partial charge >= 0.3 is 0 Å². The van der Waals surface area contributed by atoms with Crippen LogP contribution < -0.4 is 11.3 Å². The molecule has 8 nitrogen and oxygen atoms in total. The number of pyridine rings is 1. The largest absolute Gasteiger partial charge is 0.368 e. The van der Waals surface area contributed by atoms with Crippen LogP contribution in [-0.4, -0.2) is 36.4 Å². The number of fused-ring (bicyclic) bond motifs is 1. The van der Waals surface area contributed by atoms with Crippen LogP contribution in [0.4, 0.5) is 5.95 Å². The Morgan fingerprint density at radius 1 is 1.20 bits per heavy atom. The summed E-state index contributed by atoms with van der Waals surface area (Å²) in [6.45, 7) is 2.03. The predicted octanol–water partition coefficient (Wildman–Crippen LogP) is 0.762. The van der Waals surface area contributed by atoms with E-state index in [-0.39, 0.29) is 11.5 Å². The molecular formula is C17H17N7O. The molecule has 0 atom stereocenters. The molecule has 126 valence electrons. The fourth-order valence-electron chi connectivity index (χ4n) is 2.94. The number of hydrogen-bond donors (Lipinski definition) is 2. The van der Waals surface area contributed by atoms with E-state index in [2.05, 4.69) is 29.8 Å². The van der Waals surface area contributed by atoms with Crippen LogP contribution >= 0.6 is 0 Å². The Bertz CT molecular complexity index is 937. The van der Waals surface area contributed by atoms with Gasteiger partial charge in [0.15, 0.2) is 5.82 Å². The zero-order valence-corrected chi connectivity index (χ0v) is 13.5. The van der Waals surface area contributed by atoms with E-state index in [0.29, 0.717) is 30.2 Å². The Balaban J connectivity index is 1.57. The molecule has 0 radical (unpaired) electrons. The van der Waals surface area contributed by atoms with Gasteiger partial charge in [0.25, 0.3) is 5.56 Å². The summed E-state index contributed by atoms with van der Waals surface area (Å²) in [5, 5.41) is 0. The van der Waals surface area contributed by atoms with Crippen molar-refractivity contribution in [2.45, 2.75) is 19.5 Å². The van der Waals surface area contributed by atoms with Crippen LogP contribution in [0, 0.1) is 0 Å². The number of aromatic amines is 1. The van der Waals surface area contributed by atoms with E-state index in [1.807, 2.05) is 18.2 Å². The number of nitrogens with zero attached hydrogens (tertiary/aromatic N) is 5. The highest BCUT2D eigenvalue weighted by Crippen LogP contribution is 2.18. The minimum absolute atomic E-state index is 0.107. The van der Waals surface area contributed by atoms with Gasteiger partial charge in [-0.2, -0.15) is 0 Å². The second-order valence-corrected chi connectivity index (χ2v) is 5.96. The van der Waals surface area contributed by atoms with E-state index in [9.17, 15) is 4.79 Å². The van der Waals surface area contributed by atoms with E-state index in [1.165, 1.54) is 0 Å². The van der Waals surface area contributed by atoms with Crippen LogP contribution in [0.15, 0.2) is 41.6 Å². The molecular weight excluding hydrogens is 318 g/mol. The third-order valence-corrected chi connectivity index (χ3v) is 4.19. The van der Waals surface area contributed by atoms with Gasteiger partial charge in [-0.25, -0.2) is 15.0 Å². The van der Waals surface area contributed by atoms with Gasteiger partial charge in [0.2, 0.25) is 5.95 Å². The van der Waals surface area contributed by atoms with E-state index < -0.39 is 0 Å². The summed E-state index contributed by atoms with van der Waals surface area (Å²) in [5.41, 5.74) is 8.59. The van der Waals surface area contributed by atoms with Gasteiger partial charge in [-0.1, -0.05) is 6.07 Å². The van der Waals surface area contributed by atoms with Gasteiger partial charge < -0.3 is 10.7 Å². The van der Waals surface area contributed by atoms with Gasteiger partial charge in [-0.15, -0.1) is 0 Å². The third kappa shape index (κ3) is 3.24. The van der Waals surface area contributed by atoms with Crippen molar-refractivity contribution in [2.75, 3.05) is 12.3 Å². The monoisotopic (exact) mass is 335 g/mol. The smallest absolute Gasteiger partial charge is 0.255 e. The van der Waals surface area contributed by atoms with E-state index in [1.54, 1.807) is 18.6 Å². The summed E-state index contributed by atoms with van der Waals surface area (Å²) in [4.78, 5) is 34.4. The number of nitrogen functional groups attached to an aromatic ring is 1. The van der Waals surface area contributed by atoms with Crippen molar-refractivity contribution in [3.8, 4) is 11.5 Å². The van der Waals surface area contributed by atoms with Crippen LogP contribution in [-0.2, 0) is 19.5 Å². The van der Waals surface area contributed by atoms with Gasteiger partial charge in [0.1, 0.15) is 5.69 Å². The first-order valence-corrected chi connectivity index (χ1v) is 8.01. The van der Waals surface area contributed by atoms with Crippen molar-refractivity contribution in [1.82, 2.24) is 29.8 Å². The molecule has 4 heterocycles. The number of aromatic nitrogens is 5. The van der Waals surface area contributed by atoms with Crippen LogP contribution in [0.2, 0.25) is 0 Å². The first-order valence-electron chi connectivity index (χ1n) is 8.01. The Morgan fingerprint density at radius 2 is 2.04 bits per heavy atom. The van der Waals surface area contributed by atoms with E-state index >= 15 is 0 Å². The highest BCUT2D eigenvalue weighted by molar-refractivity contribution is 5.49. The molecule has 0 saturated heterocycles. The van der Waals surface area contributed by atoms with E-state index in [0.717, 1.165) is 24.2 Å². The first kappa shape index (κ1) is 15.4. The molecule has 0 fully saturated rings. The summed E-state index contributed by atoms with van der Waals surface area (Å²) in [6.07, 6.45) is 5.83. The number of nitrogens with two attached hydrogens (primary N) is 1.